The summed E-state index contributed by atoms with van der Waals surface area (Å²) in [7, 11) is 1.32. The Hall–Kier alpha value is -2.71. The van der Waals surface area contributed by atoms with Crippen LogP contribution in [-0.4, -0.2) is 49.4 Å². The predicted octanol–water partition coefficient (Wildman–Crippen LogP) is 5.61. The summed E-state index contributed by atoms with van der Waals surface area (Å²) in [5.74, 6) is 0.283. The molecule has 37 heavy (non-hydrogen) atoms. The Balaban J connectivity index is 1.61. The van der Waals surface area contributed by atoms with E-state index in [0.29, 0.717) is 40.2 Å². The third-order valence-corrected chi connectivity index (χ3v) is 8.96. The summed E-state index contributed by atoms with van der Waals surface area (Å²) in [5, 5.41) is 6.61. The Morgan fingerprint density at radius 1 is 1.08 bits per heavy atom. The Bertz CT molecular complexity index is 1160. The van der Waals surface area contributed by atoms with E-state index in [0.717, 1.165) is 50.8 Å². The summed E-state index contributed by atoms with van der Waals surface area (Å²) in [6.45, 7) is 11.2. The number of thiophene rings is 1. The number of benzene rings is 1. The number of likely N-dealkylation sites (tertiary alicyclic amines) is 1. The number of ether oxygens (including phenoxy) is 1. The van der Waals surface area contributed by atoms with Gasteiger partial charge in [-0.25, -0.2) is 4.79 Å². The number of amides is 2. The molecular formula is C29H39N3O4S. The van der Waals surface area contributed by atoms with Crippen LogP contribution in [-0.2, 0) is 22.4 Å². The number of anilines is 2. The average molecular weight is 526 g/mol. The van der Waals surface area contributed by atoms with Gasteiger partial charge in [-0.15, -0.1) is 11.3 Å². The lowest BCUT2D eigenvalue weighted by atomic mass is 9.72. The topological polar surface area (TPSA) is 87.7 Å². The van der Waals surface area contributed by atoms with Crippen LogP contribution in [0.25, 0.3) is 0 Å². The number of esters is 1. The SMILES string of the molecule is COC(=O)c1ccccc1NC(=O)c1c(NC(=O)CN2CCC(C)CC2)sc2c1CC[C@@H](C(C)(C)C)C2. The molecule has 7 nitrogen and oxygen atoms in total. The van der Waals surface area contributed by atoms with Gasteiger partial charge in [0.25, 0.3) is 5.91 Å². The number of hydrogen-bond acceptors (Lipinski definition) is 6. The fourth-order valence-electron chi connectivity index (χ4n) is 5.31. The number of hydrogen-bond donors (Lipinski definition) is 2. The summed E-state index contributed by atoms with van der Waals surface area (Å²) in [6, 6.07) is 6.81. The molecule has 1 atom stereocenters. The summed E-state index contributed by atoms with van der Waals surface area (Å²) in [5.41, 5.74) is 2.38. The first-order valence-electron chi connectivity index (χ1n) is 13.2. The van der Waals surface area contributed by atoms with Crippen molar-refractivity contribution in [2.75, 3.05) is 37.4 Å². The van der Waals surface area contributed by atoms with Gasteiger partial charge >= 0.3 is 5.97 Å². The molecular weight excluding hydrogens is 486 g/mol. The van der Waals surface area contributed by atoms with Gasteiger partial charge in [-0.05, 0) is 80.1 Å². The Morgan fingerprint density at radius 2 is 1.78 bits per heavy atom. The normalized spacial score (nSPS) is 18.7. The Morgan fingerprint density at radius 3 is 2.46 bits per heavy atom. The van der Waals surface area contributed by atoms with E-state index in [1.807, 2.05) is 0 Å². The highest BCUT2D eigenvalue weighted by Gasteiger charge is 2.34. The van der Waals surface area contributed by atoms with Crippen molar-refractivity contribution in [3.05, 3.63) is 45.8 Å². The van der Waals surface area contributed by atoms with Crippen molar-refractivity contribution in [2.24, 2.45) is 17.3 Å². The number of nitrogens with one attached hydrogen (secondary N) is 2. The minimum absolute atomic E-state index is 0.0930. The zero-order valence-corrected chi connectivity index (χ0v) is 23.4. The van der Waals surface area contributed by atoms with E-state index in [-0.39, 0.29) is 17.2 Å². The molecule has 0 unspecified atom stereocenters. The standard InChI is InChI=1S/C29H39N3O4S/c1-18-12-14-32(15-13-18)17-24(33)31-27-25(21-11-10-19(29(2,3)4)16-23(21)37-27)26(34)30-22-9-7-6-8-20(22)28(35)36-5/h6-9,18-19H,10-17H2,1-5H3,(H,30,34)(H,31,33)/t19-/m1/s1. The molecule has 0 saturated carbocycles. The molecule has 200 valence electrons. The largest absolute Gasteiger partial charge is 0.465 e. The van der Waals surface area contributed by atoms with Crippen LogP contribution in [0.4, 0.5) is 10.7 Å². The molecule has 8 heteroatoms. The summed E-state index contributed by atoms with van der Waals surface area (Å²) in [6.07, 6.45) is 4.87. The van der Waals surface area contributed by atoms with Gasteiger partial charge in [0, 0.05) is 4.88 Å². The number of piperidine rings is 1. The molecule has 1 aliphatic carbocycles. The maximum absolute atomic E-state index is 13.7. The van der Waals surface area contributed by atoms with Gasteiger partial charge in [-0.3, -0.25) is 14.5 Å². The molecule has 0 bridgehead atoms. The molecule has 2 aromatic rings. The number of carbonyl (C=O) groups excluding carboxylic acids is 3. The molecule has 0 spiro atoms. The minimum Gasteiger partial charge on any atom is -0.465 e. The highest BCUT2D eigenvalue weighted by atomic mass is 32.1. The van der Waals surface area contributed by atoms with Crippen molar-refractivity contribution in [3.8, 4) is 0 Å². The summed E-state index contributed by atoms with van der Waals surface area (Å²) < 4.78 is 4.89. The predicted molar refractivity (Wildman–Crippen MR) is 148 cm³/mol. The van der Waals surface area contributed by atoms with Crippen molar-refractivity contribution < 1.29 is 19.1 Å². The van der Waals surface area contributed by atoms with E-state index in [1.165, 1.54) is 23.3 Å². The molecule has 1 saturated heterocycles. The molecule has 2 amide bonds. The van der Waals surface area contributed by atoms with Crippen LogP contribution in [0.5, 0.6) is 0 Å². The number of rotatable bonds is 6. The monoisotopic (exact) mass is 525 g/mol. The summed E-state index contributed by atoms with van der Waals surface area (Å²) in [4.78, 5) is 42.4. The third kappa shape index (κ3) is 6.41. The fourth-order valence-corrected chi connectivity index (χ4v) is 6.65. The molecule has 1 fully saturated rings. The molecule has 2 aliphatic rings. The second-order valence-corrected chi connectivity index (χ2v) is 12.6. The van der Waals surface area contributed by atoms with Gasteiger partial charge in [0.05, 0.1) is 30.5 Å². The quantitative estimate of drug-likeness (QED) is 0.479. The maximum atomic E-state index is 13.7. The van der Waals surface area contributed by atoms with Gasteiger partial charge in [-0.1, -0.05) is 39.8 Å². The van der Waals surface area contributed by atoms with Crippen molar-refractivity contribution in [3.63, 3.8) is 0 Å². The smallest absolute Gasteiger partial charge is 0.339 e. The second kappa shape index (κ2) is 11.4. The minimum atomic E-state index is -0.513. The lowest BCUT2D eigenvalue weighted by Gasteiger charge is -2.33. The molecule has 1 aromatic carbocycles. The average Bonchev–Trinajstić information content (AvgIpc) is 3.21. The fraction of sp³-hybridized carbons (Fsp3) is 0.552. The second-order valence-electron chi connectivity index (χ2n) is 11.5. The van der Waals surface area contributed by atoms with Crippen LogP contribution in [0.3, 0.4) is 0 Å². The van der Waals surface area contributed by atoms with Crippen LogP contribution in [0, 0.1) is 17.3 Å². The van der Waals surface area contributed by atoms with Crippen molar-refractivity contribution in [2.45, 2.75) is 59.8 Å². The highest BCUT2D eigenvalue weighted by molar-refractivity contribution is 7.17. The first-order valence-corrected chi connectivity index (χ1v) is 14.0. The van der Waals surface area contributed by atoms with E-state index in [1.54, 1.807) is 24.3 Å². The van der Waals surface area contributed by atoms with E-state index in [2.05, 4.69) is 43.2 Å². The van der Waals surface area contributed by atoms with Crippen LogP contribution in [0.2, 0.25) is 0 Å². The van der Waals surface area contributed by atoms with Gasteiger partial charge < -0.3 is 15.4 Å². The van der Waals surface area contributed by atoms with Gasteiger partial charge in [0.2, 0.25) is 5.91 Å². The molecule has 1 aromatic heterocycles. The van der Waals surface area contributed by atoms with Gasteiger partial charge in [-0.2, -0.15) is 0 Å². The number of fused-ring (bicyclic) bond motifs is 1. The third-order valence-electron chi connectivity index (χ3n) is 7.79. The lowest BCUT2D eigenvalue weighted by molar-refractivity contribution is -0.117. The van der Waals surface area contributed by atoms with Gasteiger partial charge in [0.1, 0.15) is 5.00 Å². The zero-order valence-electron chi connectivity index (χ0n) is 22.6. The molecule has 2 heterocycles. The Labute approximate surface area is 224 Å². The number of carbonyl (C=O) groups is 3. The van der Waals surface area contributed by atoms with Crippen LogP contribution in [0.15, 0.2) is 24.3 Å². The van der Waals surface area contributed by atoms with Crippen LogP contribution < -0.4 is 10.6 Å². The maximum Gasteiger partial charge on any atom is 0.339 e. The molecule has 1 aliphatic heterocycles. The number of nitrogens with zero attached hydrogens (tertiary/aromatic N) is 1. The van der Waals surface area contributed by atoms with Crippen LogP contribution >= 0.6 is 11.3 Å². The Kier molecular flexibility index (Phi) is 8.39. The molecule has 0 radical (unpaired) electrons. The number of para-hydroxylation sites is 1. The van der Waals surface area contributed by atoms with E-state index >= 15 is 0 Å². The number of methoxy groups -OCH3 is 1. The van der Waals surface area contributed by atoms with E-state index < -0.39 is 5.97 Å². The summed E-state index contributed by atoms with van der Waals surface area (Å²) >= 11 is 1.52. The van der Waals surface area contributed by atoms with Gasteiger partial charge in [0.15, 0.2) is 0 Å². The highest BCUT2D eigenvalue weighted by Crippen LogP contribution is 2.44. The van der Waals surface area contributed by atoms with Crippen LogP contribution in [0.1, 0.15) is 78.1 Å². The first-order chi connectivity index (χ1) is 17.6. The molecule has 4 rings (SSSR count). The van der Waals surface area contributed by atoms with Crippen molar-refractivity contribution >= 4 is 39.8 Å². The first kappa shape index (κ1) is 27.3. The molecule has 2 N–H and O–H groups in total. The van der Waals surface area contributed by atoms with E-state index in [4.69, 9.17) is 4.74 Å². The lowest BCUT2D eigenvalue weighted by Crippen LogP contribution is -2.38. The van der Waals surface area contributed by atoms with E-state index in [9.17, 15) is 14.4 Å². The van der Waals surface area contributed by atoms with Crippen molar-refractivity contribution in [1.82, 2.24) is 4.90 Å². The zero-order chi connectivity index (χ0) is 26.7. The van der Waals surface area contributed by atoms with Crippen molar-refractivity contribution in [1.29, 1.82) is 0 Å².